The van der Waals surface area contributed by atoms with Gasteiger partial charge in [0.2, 0.25) is 0 Å². The normalized spacial score (nSPS) is 11.8. The number of thiophene rings is 1. The van der Waals surface area contributed by atoms with Gasteiger partial charge in [-0.1, -0.05) is 13.8 Å². The maximum atomic E-state index is 12.2. The molecular weight excluding hydrogens is 298 g/mol. The van der Waals surface area contributed by atoms with Crippen LogP contribution in [0, 0.1) is 5.92 Å². The van der Waals surface area contributed by atoms with Gasteiger partial charge in [0.05, 0.1) is 11.4 Å². The summed E-state index contributed by atoms with van der Waals surface area (Å²) < 4.78 is 0.917. The summed E-state index contributed by atoms with van der Waals surface area (Å²) in [5.74, 6) is 0.790. The number of nitrogens with zero attached hydrogens (tertiary/aromatic N) is 1. The number of hydrogen-bond acceptors (Lipinski definition) is 3. The average Bonchev–Trinajstić information content (AvgIpc) is 2.62. The van der Waals surface area contributed by atoms with E-state index in [1.165, 1.54) is 11.3 Å². The minimum absolute atomic E-state index is 0.209. The van der Waals surface area contributed by atoms with Gasteiger partial charge in [0.15, 0.2) is 5.78 Å². The first kappa shape index (κ1) is 14.9. The highest BCUT2D eigenvalue weighted by Crippen LogP contribution is 2.23. The fourth-order valence-corrected chi connectivity index (χ4v) is 3.20. The molecule has 0 spiro atoms. The Morgan fingerprint density at radius 3 is 2.47 bits per heavy atom. The molecule has 0 amide bonds. The van der Waals surface area contributed by atoms with Gasteiger partial charge >= 0.3 is 0 Å². The Bertz CT molecular complexity index is 373. The minimum atomic E-state index is 0.209. The number of carbonyl (C=O) groups is 1. The summed E-state index contributed by atoms with van der Waals surface area (Å²) in [4.78, 5) is 15.2. The Kier molecular flexibility index (Phi) is 5.83. The van der Waals surface area contributed by atoms with Crippen LogP contribution in [0.1, 0.15) is 37.4 Å². The predicted molar refractivity (Wildman–Crippen MR) is 77.9 cm³/mol. The molecule has 0 aliphatic heterocycles. The molecule has 0 unspecified atom stereocenters. The molecule has 0 aromatic carbocycles. The van der Waals surface area contributed by atoms with Gasteiger partial charge in [-0.25, -0.2) is 0 Å². The summed E-state index contributed by atoms with van der Waals surface area (Å²) in [7, 11) is 0. The predicted octanol–water partition coefficient (Wildman–Crippen LogP) is 4.06. The second-order valence-electron chi connectivity index (χ2n) is 4.94. The molecule has 2 nitrogen and oxygen atoms in total. The van der Waals surface area contributed by atoms with Crippen molar-refractivity contribution in [3.8, 4) is 0 Å². The molecule has 0 bridgehead atoms. The van der Waals surface area contributed by atoms with Crippen molar-refractivity contribution >= 4 is 33.0 Å². The summed E-state index contributed by atoms with van der Waals surface area (Å²) in [6.07, 6.45) is 0. The van der Waals surface area contributed by atoms with Crippen LogP contribution in [0.25, 0.3) is 0 Å². The molecule has 0 saturated carbocycles. The quantitative estimate of drug-likeness (QED) is 0.737. The fraction of sp³-hybridized carbons (Fsp3) is 0.615. The highest BCUT2D eigenvalue weighted by Gasteiger charge is 2.18. The Labute approximate surface area is 116 Å². The Hall–Kier alpha value is -0.190. The largest absolute Gasteiger partial charge is 0.293 e. The average molecular weight is 318 g/mol. The maximum absolute atomic E-state index is 12.2. The summed E-state index contributed by atoms with van der Waals surface area (Å²) in [6.45, 7) is 10.1. The van der Waals surface area contributed by atoms with Crippen molar-refractivity contribution in [1.82, 2.24) is 4.90 Å². The molecule has 4 heteroatoms. The van der Waals surface area contributed by atoms with Crippen molar-refractivity contribution in [2.75, 3.05) is 13.1 Å². The van der Waals surface area contributed by atoms with E-state index >= 15 is 0 Å². The zero-order chi connectivity index (χ0) is 13.0. The van der Waals surface area contributed by atoms with Gasteiger partial charge in [-0.15, -0.1) is 11.3 Å². The van der Waals surface area contributed by atoms with E-state index in [1.54, 1.807) is 0 Å². The third-order valence-corrected chi connectivity index (χ3v) is 4.43. The van der Waals surface area contributed by atoms with Gasteiger partial charge in [0.1, 0.15) is 0 Å². The smallest absolute Gasteiger partial charge is 0.187 e. The molecule has 1 aromatic heterocycles. The standard InChI is InChI=1S/C13H20BrNOS/c1-9(2)7-15(10(3)4)8-12(16)13-11(14)5-6-17-13/h5-6,9-10H,7-8H2,1-4H3. The van der Waals surface area contributed by atoms with Gasteiger partial charge in [0, 0.05) is 17.1 Å². The van der Waals surface area contributed by atoms with Crippen molar-refractivity contribution in [1.29, 1.82) is 0 Å². The van der Waals surface area contributed by atoms with E-state index in [1.807, 2.05) is 11.4 Å². The van der Waals surface area contributed by atoms with Gasteiger partial charge in [-0.05, 0) is 47.1 Å². The second kappa shape index (κ2) is 6.66. The van der Waals surface area contributed by atoms with Crippen molar-refractivity contribution in [2.45, 2.75) is 33.7 Å². The van der Waals surface area contributed by atoms with Crippen LogP contribution in [0.3, 0.4) is 0 Å². The molecule has 0 N–H and O–H groups in total. The van der Waals surface area contributed by atoms with E-state index in [0.717, 1.165) is 15.9 Å². The van der Waals surface area contributed by atoms with Crippen LogP contribution >= 0.6 is 27.3 Å². The van der Waals surface area contributed by atoms with Crippen molar-refractivity contribution in [3.63, 3.8) is 0 Å². The highest BCUT2D eigenvalue weighted by molar-refractivity contribution is 9.10. The van der Waals surface area contributed by atoms with E-state index in [4.69, 9.17) is 0 Å². The van der Waals surface area contributed by atoms with E-state index < -0.39 is 0 Å². The lowest BCUT2D eigenvalue weighted by Crippen LogP contribution is -2.38. The molecule has 1 heterocycles. The number of carbonyl (C=O) groups excluding carboxylic acids is 1. The first-order chi connectivity index (χ1) is 7.91. The van der Waals surface area contributed by atoms with Gasteiger partial charge in [-0.2, -0.15) is 0 Å². The molecule has 1 aromatic rings. The summed E-state index contributed by atoms with van der Waals surface area (Å²) in [5, 5.41) is 1.94. The summed E-state index contributed by atoms with van der Waals surface area (Å²) in [6, 6.07) is 2.33. The van der Waals surface area contributed by atoms with Crippen LogP contribution in [0.5, 0.6) is 0 Å². The first-order valence-electron chi connectivity index (χ1n) is 5.92. The Morgan fingerprint density at radius 1 is 1.41 bits per heavy atom. The first-order valence-corrected chi connectivity index (χ1v) is 7.59. The molecule has 0 radical (unpaired) electrons. The lowest BCUT2D eigenvalue weighted by molar-refractivity contribution is 0.0896. The third kappa shape index (κ3) is 4.53. The molecular formula is C13H20BrNOS. The van der Waals surface area contributed by atoms with Crippen LogP contribution in [0.2, 0.25) is 0 Å². The van der Waals surface area contributed by atoms with Crippen LogP contribution < -0.4 is 0 Å². The summed E-state index contributed by atoms with van der Waals surface area (Å²) >= 11 is 4.92. The lowest BCUT2D eigenvalue weighted by atomic mass is 10.1. The Morgan fingerprint density at radius 2 is 2.06 bits per heavy atom. The van der Waals surface area contributed by atoms with Crippen LogP contribution in [-0.2, 0) is 0 Å². The van der Waals surface area contributed by atoms with Crippen molar-refractivity contribution < 1.29 is 4.79 Å². The van der Waals surface area contributed by atoms with Crippen LogP contribution in [-0.4, -0.2) is 29.8 Å². The van der Waals surface area contributed by atoms with Crippen LogP contribution in [0.15, 0.2) is 15.9 Å². The number of Topliss-reactive ketones (excluding diaryl/α,β-unsaturated/α-hetero) is 1. The lowest BCUT2D eigenvalue weighted by Gasteiger charge is -2.27. The highest BCUT2D eigenvalue weighted by atomic mass is 79.9. The van der Waals surface area contributed by atoms with Crippen LogP contribution in [0.4, 0.5) is 0 Å². The summed E-state index contributed by atoms with van der Waals surface area (Å²) in [5.41, 5.74) is 0. The zero-order valence-corrected chi connectivity index (χ0v) is 13.3. The zero-order valence-electron chi connectivity index (χ0n) is 10.9. The van der Waals surface area contributed by atoms with Crippen molar-refractivity contribution in [2.24, 2.45) is 5.92 Å². The molecule has 0 saturated heterocycles. The minimum Gasteiger partial charge on any atom is -0.293 e. The number of rotatable bonds is 6. The third-order valence-electron chi connectivity index (χ3n) is 2.55. The molecule has 96 valence electrons. The molecule has 0 aliphatic rings. The molecule has 1 rings (SSSR count). The molecule has 0 atom stereocenters. The maximum Gasteiger partial charge on any atom is 0.187 e. The van der Waals surface area contributed by atoms with E-state index in [0.29, 0.717) is 18.5 Å². The number of halogens is 1. The van der Waals surface area contributed by atoms with E-state index in [9.17, 15) is 4.79 Å². The van der Waals surface area contributed by atoms with Gasteiger partial charge < -0.3 is 0 Å². The molecule has 17 heavy (non-hydrogen) atoms. The van der Waals surface area contributed by atoms with E-state index in [-0.39, 0.29) is 5.78 Å². The molecule has 0 fully saturated rings. The Balaban J connectivity index is 2.68. The van der Waals surface area contributed by atoms with Gasteiger partial charge in [-0.3, -0.25) is 9.69 Å². The van der Waals surface area contributed by atoms with Gasteiger partial charge in [0.25, 0.3) is 0 Å². The fourth-order valence-electron chi connectivity index (χ4n) is 1.68. The number of hydrogen-bond donors (Lipinski definition) is 0. The second-order valence-corrected chi connectivity index (χ2v) is 6.71. The number of ketones is 1. The molecule has 0 aliphatic carbocycles. The van der Waals surface area contributed by atoms with E-state index in [2.05, 4.69) is 48.5 Å². The SMILES string of the molecule is CC(C)CN(CC(=O)c1sccc1Br)C(C)C. The monoisotopic (exact) mass is 317 g/mol. The van der Waals surface area contributed by atoms with Crippen molar-refractivity contribution in [3.05, 3.63) is 20.8 Å². The topological polar surface area (TPSA) is 20.3 Å².